The highest BCUT2D eigenvalue weighted by molar-refractivity contribution is 5.87. The average molecular weight is 329 g/mol. The number of piperidine rings is 1. The standard InChI is InChI=1S/C19H27N3O2/c1-2-21-11-12-22(15-18(21)23)19(24)17-9-6-10-20(14-17)13-16-7-4-3-5-8-16/h3-5,7-8,17H,2,6,9-15H2,1H3. The molecule has 2 heterocycles. The largest absolute Gasteiger partial charge is 0.340 e. The third-order valence-corrected chi connectivity index (χ3v) is 5.12. The summed E-state index contributed by atoms with van der Waals surface area (Å²) in [4.78, 5) is 30.8. The molecule has 5 heteroatoms. The molecule has 2 fully saturated rings. The van der Waals surface area contributed by atoms with Gasteiger partial charge in [0, 0.05) is 32.7 Å². The van der Waals surface area contributed by atoms with E-state index in [2.05, 4.69) is 29.2 Å². The van der Waals surface area contributed by atoms with E-state index in [0.29, 0.717) is 13.1 Å². The monoisotopic (exact) mass is 329 g/mol. The van der Waals surface area contributed by atoms with E-state index in [4.69, 9.17) is 0 Å². The maximum atomic E-state index is 12.8. The van der Waals surface area contributed by atoms with Gasteiger partial charge in [0.25, 0.3) is 0 Å². The van der Waals surface area contributed by atoms with E-state index in [1.54, 1.807) is 4.90 Å². The first-order valence-electron chi connectivity index (χ1n) is 9.00. The molecule has 0 N–H and O–H groups in total. The summed E-state index contributed by atoms with van der Waals surface area (Å²) in [5.74, 6) is 0.273. The predicted octanol–water partition coefficient (Wildman–Crippen LogP) is 1.59. The van der Waals surface area contributed by atoms with E-state index in [1.807, 2.05) is 17.9 Å². The summed E-state index contributed by atoms with van der Waals surface area (Å²) in [6.07, 6.45) is 1.98. The van der Waals surface area contributed by atoms with Crippen LogP contribution in [0.5, 0.6) is 0 Å². The van der Waals surface area contributed by atoms with Crippen LogP contribution in [0.1, 0.15) is 25.3 Å². The van der Waals surface area contributed by atoms with Crippen LogP contribution < -0.4 is 0 Å². The normalized spacial score (nSPS) is 22.7. The molecule has 1 aromatic carbocycles. The van der Waals surface area contributed by atoms with Crippen LogP contribution in [0, 0.1) is 5.92 Å². The van der Waals surface area contributed by atoms with Crippen LogP contribution in [0.25, 0.3) is 0 Å². The highest BCUT2D eigenvalue weighted by Gasteiger charge is 2.33. The maximum Gasteiger partial charge on any atom is 0.242 e. The van der Waals surface area contributed by atoms with Crippen LogP contribution in [-0.4, -0.2) is 65.8 Å². The summed E-state index contributed by atoms with van der Waals surface area (Å²) in [6, 6.07) is 10.4. The fraction of sp³-hybridized carbons (Fsp3) is 0.579. The van der Waals surface area contributed by atoms with Crippen molar-refractivity contribution in [2.75, 3.05) is 39.3 Å². The number of nitrogens with zero attached hydrogens (tertiary/aromatic N) is 3. The number of rotatable bonds is 4. The molecule has 0 saturated carbocycles. The van der Waals surface area contributed by atoms with E-state index < -0.39 is 0 Å². The number of hydrogen-bond acceptors (Lipinski definition) is 3. The minimum Gasteiger partial charge on any atom is -0.340 e. The first kappa shape index (κ1) is 17.0. The van der Waals surface area contributed by atoms with Gasteiger partial charge in [0.1, 0.15) is 0 Å². The molecular weight excluding hydrogens is 302 g/mol. The Morgan fingerprint density at radius 2 is 1.96 bits per heavy atom. The fourth-order valence-electron chi connectivity index (χ4n) is 3.73. The number of benzene rings is 1. The molecule has 0 spiro atoms. The van der Waals surface area contributed by atoms with Gasteiger partial charge in [-0.05, 0) is 31.9 Å². The lowest BCUT2D eigenvalue weighted by molar-refractivity contribution is -0.148. The Kier molecular flexibility index (Phi) is 5.51. The number of carbonyl (C=O) groups is 2. The summed E-state index contributed by atoms with van der Waals surface area (Å²) in [5, 5.41) is 0. The van der Waals surface area contributed by atoms with Gasteiger partial charge in [-0.3, -0.25) is 14.5 Å². The zero-order chi connectivity index (χ0) is 16.9. The van der Waals surface area contributed by atoms with Gasteiger partial charge in [0.15, 0.2) is 0 Å². The van der Waals surface area contributed by atoms with E-state index >= 15 is 0 Å². The lowest BCUT2D eigenvalue weighted by atomic mass is 9.95. The highest BCUT2D eigenvalue weighted by atomic mass is 16.2. The van der Waals surface area contributed by atoms with Crippen molar-refractivity contribution < 1.29 is 9.59 Å². The number of carbonyl (C=O) groups excluding carboxylic acids is 2. The van der Waals surface area contributed by atoms with Crippen molar-refractivity contribution in [2.45, 2.75) is 26.3 Å². The van der Waals surface area contributed by atoms with Crippen molar-refractivity contribution in [3.05, 3.63) is 35.9 Å². The van der Waals surface area contributed by atoms with Crippen molar-refractivity contribution in [1.29, 1.82) is 0 Å². The summed E-state index contributed by atoms with van der Waals surface area (Å²) < 4.78 is 0. The summed E-state index contributed by atoms with van der Waals surface area (Å²) in [5.41, 5.74) is 1.29. The van der Waals surface area contributed by atoms with Crippen LogP contribution >= 0.6 is 0 Å². The SMILES string of the molecule is CCN1CCN(C(=O)C2CCCN(Cc3ccccc3)C2)CC1=O. The minimum absolute atomic E-state index is 0.0310. The van der Waals surface area contributed by atoms with Gasteiger partial charge < -0.3 is 9.80 Å². The smallest absolute Gasteiger partial charge is 0.242 e. The molecule has 2 aliphatic heterocycles. The lowest BCUT2D eigenvalue weighted by Gasteiger charge is -2.38. The van der Waals surface area contributed by atoms with Gasteiger partial charge in [-0.25, -0.2) is 0 Å². The summed E-state index contributed by atoms with van der Waals surface area (Å²) in [7, 11) is 0. The number of piperazine rings is 1. The van der Waals surface area contributed by atoms with Crippen molar-refractivity contribution in [2.24, 2.45) is 5.92 Å². The van der Waals surface area contributed by atoms with Crippen LogP contribution in [0.3, 0.4) is 0 Å². The van der Waals surface area contributed by atoms with E-state index in [9.17, 15) is 9.59 Å². The quantitative estimate of drug-likeness (QED) is 0.843. The molecule has 0 aliphatic carbocycles. The highest BCUT2D eigenvalue weighted by Crippen LogP contribution is 2.21. The van der Waals surface area contributed by atoms with Gasteiger partial charge >= 0.3 is 0 Å². The van der Waals surface area contributed by atoms with E-state index in [1.165, 1.54) is 5.56 Å². The summed E-state index contributed by atoms with van der Waals surface area (Å²) >= 11 is 0. The van der Waals surface area contributed by atoms with Crippen LogP contribution in [-0.2, 0) is 16.1 Å². The Bertz CT molecular complexity index is 575. The maximum absolute atomic E-state index is 12.8. The van der Waals surface area contributed by atoms with Gasteiger partial charge in [-0.1, -0.05) is 30.3 Å². The fourth-order valence-corrected chi connectivity index (χ4v) is 3.73. The molecule has 3 rings (SSSR count). The van der Waals surface area contributed by atoms with Crippen molar-refractivity contribution in [3.63, 3.8) is 0 Å². The Hall–Kier alpha value is -1.88. The Morgan fingerprint density at radius 1 is 1.17 bits per heavy atom. The molecule has 1 aromatic rings. The van der Waals surface area contributed by atoms with Gasteiger partial charge in [0.05, 0.1) is 12.5 Å². The molecule has 2 amide bonds. The molecule has 0 bridgehead atoms. The van der Waals surface area contributed by atoms with E-state index in [0.717, 1.165) is 39.0 Å². The van der Waals surface area contributed by atoms with Gasteiger partial charge in [-0.15, -0.1) is 0 Å². The van der Waals surface area contributed by atoms with Crippen LogP contribution in [0.2, 0.25) is 0 Å². The zero-order valence-corrected chi connectivity index (χ0v) is 14.5. The average Bonchev–Trinajstić information content (AvgIpc) is 2.62. The number of likely N-dealkylation sites (tertiary alicyclic amines) is 1. The molecule has 0 aromatic heterocycles. The molecule has 2 saturated heterocycles. The Labute approximate surface area is 144 Å². The number of amides is 2. The van der Waals surface area contributed by atoms with Crippen molar-refractivity contribution in [1.82, 2.24) is 14.7 Å². The van der Waals surface area contributed by atoms with Crippen molar-refractivity contribution >= 4 is 11.8 Å². The lowest BCUT2D eigenvalue weighted by Crippen LogP contribution is -2.54. The number of likely N-dealkylation sites (N-methyl/N-ethyl adjacent to an activating group) is 1. The topological polar surface area (TPSA) is 43.9 Å². The number of hydrogen-bond donors (Lipinski definition) is 0. The Morgan fingerprint density at radius 3 is 2.67 bits per heavy atom. The molecular formula is C19H27N3O2. The van der Waals surface area contributed by atoms with Crippen molar-refractivity contribution in [3.8, 4) is 0 Å². The predicted molar refractivity (Wildman–Crippen MR) is 93.3 cm³/mol. The second kappa shape index (κ2) is 7.79. The molecule has 1 unspecified atom stereocenters. The second-order valence-corrected chi connectivity index (χ2v) is 6.79. The Balaban J connectivity index is 1.56. The molecule has 0 radical (unpaired) electrons. The van der Waals surface area contributed by atoms with Crippen LogP contribution in [0.15, 0.2) is 30.3 Å². The molecule has 1 atom stereocenters. The van der Waals surface area contributed by atoms with E-state index in [-0.39, 0.29) is 24.3 Å². The zero-order valence-electron chi connectivity index (χ0n) is 14.5. The van der Waals surface area contributed by atoms with Gasteiger partial charge in [0.2, 0.25) is 11.8 Å². The summed E-state index contributed by atoms with van der Waals surface area (Å²) in [6.45, 7) is 7.05. The third-order valence-electron chi connectivity index (χ3n) is 5.12. The first-order valence-corrected chi connectivity index (χ1v) is 9.00. The minimum atomic E-state index is 0.0310. The molecule has 24 heavy (non-hydrogen) atoms. The first-order chi connectivity index (χ1) is 11.7. The second-order valence-electron chi connectivity index (χ2n) is 6.79. The van der Waals surface area contributed by atoms with Gasteiger partial charge in [-0.2, -0.15) is 0 Å². The molecule has 130 valence electrons. The molecule has 2 aliphatic rings. The van der Waals surface area contributed by atoms with Crippen LogP contribution in [0.4, 0.5) is 0 Å². The molecule has 5 nitrogen and oxygen atoms in total. The third kappa shape index (κ3) is 3.96.